The van der Waals surface area contributed by atoms with Gasteiger partial charge in [-0.2, -0.15) is 4.98 Å². The highest BCUT2D eigenvalue weighted by Gasteiger charge is 2.39. The highest BCUT2D eigenvalue weighted by Crippen LogP contribution is 2.38. The van der Waals surface area contributed by atoms with E-state index in [4.69, 9.17) is 10.3 Å². The third-order valence-corrected chi connectivity index (χ3v) is 4.38. The van der Waals surface area contributed by atoms with Crippen molar-refractivity contribution >= 4 is 21.4 Å². The first-order valence-corrected chi connectivity index (χ1v) is 7.23. The number of nitrogens with zero attached hydrogens (tertiary/aromatic N) is 4. The Morgan fingerprint density at radius 1 is 1.30 bits per heavy atom. The smallest absolute Gasteiger partial charge is 0.278 e. The van der Waals surface area contributed by atoms with Crippen LogP contribution in [0.25, 0.3) is 17.1 Å². The highest BCUT2D eigenvalue weighted by molar-refractivity contribution is 9.10. The van der Waals surface area contributed by atoms with Crippen molar-refractivity contribution in [1.82, 2.24) is 19.5 Å². The largest absolute Gasteiger partial charge is 0.332 e. The van der Waals surface area contributed by atoms with Crippen LogP contribution >= 0.6 is 15.9 Å². The summed E-state index contributed by atoms with van der Waals surface area (Å²) in [6, 6.07) is 5.84. The van der Waals surface area contributed by atoms with E-state index in [-0.39, 0.29) is 0 Å². The van der Waals surface area contributed by atoms with E-state index < -0.39 is 5.54 Å². The topological polar surface area (TPSA) is 82.2 Å². The monoisotopic (exact) mass is 333 g/mol. The Balaban J connectivity index is 1.84. The molecule has 3 aromatic heterocycles. The standard InChI is InChI=1S/C13H12BrN5O/c14-12-16-9(8-4-1-2-7-19(8)12)10-17-11(18-20-10)13(15)5-3-6-13/h1-2,4,7H,3,5-6,15H2. The van der Waals surface area contributed by atoms with Crippen LogP contribution in [-0.2, 0) is 5.54 Å². The van der Waals surface area contributed by atoms with Gasteiger partial charge in [0.15, 0.2) is 16.3 Å². The first kappa shape index (κ1) is 12.0. The Morgan fingerprint density at radius 3 is 2.90 bits per heavy atom. The predicted molar refractivity (Wildman–Crippen MR) is 75.9 cm³/mol. The Hall–Kier alpha value is -1.73. The van der Waals surface area contributed by atoms with E-state index in [1.165, 1.54) is 0 Å². The van der Waals surface area contributed by atoms with E-state index in [0.717, 1.165) is 24.8 Å². The summed E-state index contributed by atoms with van der Waals surface area (Å²) in [5.74, 6) is 0.984. The molecule has 1 saturated carbocycles. The minimum absolute atomic E-state index is 0.408. The van der Waals surface area contributed by atoms with E-state index in [9.17, 15) is 0 Å². The van der Waals surface area contributed by atoms with Crippen molar-refractivity contribution in [2.75, 3.05) is 0 Å². The van der Waals surface area contributed by atoms with Crippen molar-refractivity contribution in [3.63, 3.8) is 0 Å². The van der Waals surface area contributed by atoms with Gasteiger partial charge in [-0.25, -0.2) is 4.98 Å². The average Bonchev–Trinajstić information content (AvgIpc) is 3.02. The van der Waals surface area contributed by atoms with Gasteiger partial charge in [0.25, 0.3) is 5.89 Å². The maximum absolute atomic E-state index is 6.21. The number of hydrogen-bond acceptors (Lipinski definition) is 5. The lowest BCUT2D eigenvalue weighted by molar-refractivity contribution is 0.229. The fourth-order valence-corrected chi connectivity index (χ4v) is 2.95. The lowest BCUT2D eigenvalue weighted by Gasteiger charge is -2.34. The normalized spacial score (nSPS) is 17.3. The molecule has 102 valence electrons. The van der Waals surface area contributed by atoms with Gasteiger partial charge in [-0.15, -0.1) is 0 Å². The van der Waals surface area contributed by atoms with E-state index in [2.05, 4.69) is 31.1 Å². The van der Waals surface area contributed by atoms with Gasteiger partial charge in [-0.1, -0.05) is 11.2 Å². The molecule has 0 aliphatic heterocycles. The molecule has 1 aliphatic rings. The summed E-state index contributed by atoms with van der Waals surface area (Å²) in [7, 11) is 0. The number of nitrogens with two attached hydrogens (primary N) is 1. The second-order valence-electron chi connectivity index (χ2n) is 5.12. The van der Waals surface area contributed by atoms with Crippen molar-refractivity contribution < 1.29 is 4.52 Å². The maximum Gasteiger partial charge on any atom is 0.278 e. The zero-order valence-corrected chi connectivity index (χ0v) is 12.2. The van der Waals surface area contributed by atoms with Gasteiger partial charge in [0.05, 0.1) is 11.1 Å². The summed E-state index contributed by atoms with van der Waals surface area (Å²) >= 11 is 3.42. The van der Waals surface area contributed by atoms with E-state index >= 15 is 0 Å². The predicted octanol–water partition coefficient (Wildman–Crippen LogP) is 2.48. The molecule has 0 atom stereocenters. The van der Waals surface area contributed by atoms with Crippen LogP contribution < -0.4 is 5.73 Å². The summed E-state index contributed by atoms with van der Waals surface area (Å²) in [4.78, 5) is 8.88. The molecule has 0 saturated heterocycles. The molecule has 1 aliphatic carbocycles. The zero-order valence-electron chi connectivity index (χ0n) is 10.6. The molecule has 2 N–H and O–H groups in total. The fraction of sp³-hybridized carbons (Fsp3) is 0.308. The number of aromatic nitrogens is 4. The first-order chi connectivity index (χ1) is 9.67. The maximum atomic E-state index is 6.21. The number of fused-ring (bicyclic) bond motifs is 1. The van der Waals surface area contributed by atoms with Crippen LogP contribution in [0.5, 0.6) is 0 Å². The molecule has 20 heavy (non-hydrogen) atoms. The van der Waals surface area contributed by atoms with Crippen LogP contribution in [-0.4, -0.2) is 19.5 Å². The van der Waals surface area contributed by atoms with Gasteiger partial charge in [-0.3, -0.25) is 4.40 Å². The number of pyridine rings is 1. The van der Waals surface area contributed by atoms with E-state index in [1.54, 1.807) is 0 Å². The van der Waals surface area contributed by atoms with Crippen molar-refractivity contribution in [3.8, 4) is 11.6 Å². The van der Waals surface area contributed by atoms with E-state index in [0.29, 0.717) is 22.1 Å². The second-order valence-corrected chi connectivity index (χ2v) is 5.83. The van der Waals surface area contributed by atoms with Gasteiger partial charge in [-0.05, 0) is 47.3 Å². The molecule has 0 spiro atoms. The van der Waals surface area contributed by atoms with Gasteiger partial charge in [0, 0.05) is 6.20 Å². The Morgan fingerprint density at radius 2 is 2.15 bits per heavy atom. The van der Waals surface area contributed by atoms with Crippen LogP contribution in [0.3, 0.4) is 0 Å². The lowest BCUT2D eigenvalue weighted by Crippen LogP contribution is -2.44. The lowest BCUT2D eigenvalue weighted by atomic mass is 9.77. The van der Waals surface area contributed by atoms with Crippen molar-refractivity contribution in [2.24, 2.45) is 5.73 Å². The molecule has 6 nitrogen and oxygen atoms in total. The third kappa shape index (κ3) is 1.63. The van der Waals surface area contributed by atoms with Gasteiger partial charge >= 0.3 is 0 Å². The number of halogens is 1. The molecule has 0 amide bonds. The third-order valence-electron chi connectivity index (χ3n) is 3.83. The van der Waals surface area contributed by atoms with Gasteiger partial charge < -0.3 is 10.3 Å². The summed E-state index contributed by atoms with van der Waals surface area (Å²) < 4.78 is 7.98. The molecule has 3 aromatic rings. The number of imidazole rings is 1. The zero-order chi connectivity index (χ0) is 13.7. The van der Waals surface area contributed by atoms with E-state index in [1.807, 2.05) is 28.8 Å². The van der Waals surface area contributed by atoms with Crippen LogP contribution in [0.4, 0.5) is 0 Å². The van der Waals surface area contributed by atoms with Crippen molar-refractivity contribution in [2.45, 2.75) is 24.8 Å². The number of hydrogen-bond donors (Lipinski definition) is 1. The molecule has 4 rings (SSSR count). The minimum Gasteiger partial charge on any atom is -0.332 e. The fourth-order valence-electron chi connectivity index (χ4n) is 2.46. The molecule has 0 radical (unpaired) electrons. The van der Waals surface area contributed by atoms with Crippen LogP contribution in [0.1, 0.15) is 25.1 Å². The molecular formula is C13H12BrN5O. The van der Waals surface area contributed by atoms with Crippen LogP contribution in [0.15, 0.2) is 33.7 Å². The second kappa shape index (κ2) is 4.13. The SMILES string of the molecule is NC1(c2noc(-c3nc(Br)n4ccccc34)n2)CCC1. The quantitative estimate of drug-likeness (QED) is 0.779. The van der Waals surface area contributed by atoms with Crippen molar-refractivity contribution in [1.29, 1.82) is 0 Å². The van der Waals surface area contributed by atoms with Crippen LogP contribution in [0.2, 0.25) is 0 Å². The summed E-state index contributed by atoms with van der Waals surface area (Å²) in [6.07, 6.45) is 4.84. The molecule has 1 fully saturated rings. The molecule has 0 bridgehead atoms. The Bertz CT molecular complexity index is 789. The molecule has 7 heteroatoms. The summed E-state index contributed by atoms with van der Waals surface area (Å²) in [5.41, 5.74) is 7.37. The summed E-state index contributed by atoms with van der Waals surface area (Å²) in [6.45, 7) is 0. The molecule has 0 unspecified atom stereocenters. The molecule has 3 heterocycles. The number of rotatable bonds is 2. The molecule has 0 aromatic carbocycles. The van der Waals surface area contributed by atoms with Gasteiger partial charge in [0.2, 0.25) is 0 Å². The summed E-state index contributed by atoms with van der Waals surface area (Å²) in [5, 5.41) is 4.03. The molecular weight excluding hydrogens is 322 g/mol. The Kier molecular flexibility index (Phi) is 2.49. The highest BCUT2D eigenvalue weighted by atomic mass is 79.9. The Labute approximate surface area is 123 Å². The average molecular weight is 334 g/mol. The van der Waals surface area contributed by atoms with Crippen molar-refractivity contribution in [3.05, 3.63) is 35.0 Å². The minimum atomic E-state index is -0.422. The van der Waals surface area contributed by atoms with Gasteiger partial charge in [0.1, 0.15) is 0 Å². The van der Waals surface area contributed by atoms with Crippen LogP contribution in [0, 0.1) is 0 Å². The first-order valence-electron chi connectivity index (χ1n) is 6.43.